The lowest BCUT2D eigenvalue weighted by molar-refractivity contribution is -0.384. The molecule has 0 aliphatic carbocycles. The second-order valence-electron chi connectivity index (χ2n) is 3.32. The van der Waals surface area contributed by atoms with Crippen LogP contribution in [-0.4, -0.2) is 18.3 Å². The standard InChI is InChI=1S/C10H11NO4/c12-11(13)9-3-1-8(2-4-9)10-5-6-14-7-15-10/h1-4,10H,5-7H2. The SMILES string of the molecule is O=[N+]([O-])c1ccc(C2CCOCO2)cc1. The van der Waals surface area contributed by atoms with Gasteiger partial charge in [0.2, 0.25) is 0 Å². The molecule has 5 heteroatoms. The van der Waals surface area contributed by atoms with Crippen molar-refractivity contribution in [3.8, 4) is 0 Å². The summed E-state index contributed by atoms with van der Waals surface area (Å²) >= 11 is 0. The summed E-state index contributed by atoms with van der Waals surface area (Å²) < 4.78 is 10.4. The number of non-ortho nitro benzene ring substituents is 1. The van der Waals surface area contributed by atoms with E-state index in [2.05, 4.69) is 0 Å². The monoisotopic (exact) mass is 209 g/mol. The van der Waals surface area contributed by atoms with E-state index < -0.39 is 4.92 Å². The predicted molar refractivity (Wildman–Crippen MR) is 52.4 cm³/mol. The molecule has 1 atom stereocenters. The maximum absolute atomic E-state index is 10.4. The molecule has 1 aromatic rings. The van der Waals surface area contributed by atoms with Gasteiger partial charge in [0, 0.05) is 18.6 Å². The molecule has 0 bridgehead atoms. The fraction of sp³-hybridized carbons (Fsp3) is 0.400. The number of nitrogens with zero attached hydrogens (tertiary/aromatic N) is 1. The summed E-state index contributed by atoms with van der Waals surface area (Å²) in [6.45, 7) is 0.962. The van der Waals surface area contributed by atoms with Gasteiger partial charge in [0.25, 0.3) is 5.69 Å². The van der Waals surface area contributed by atoms with E-state index in [1.165, 1.54) is 12.1 Å². The van der Waals surface area contributed by atoms with E-state index in [-0.39, 0.29) is 11.8 Å². The molecule has 1 heterocycles. The Hall–Kier alpha value is -1.46. The molecule has 0 spiro atoms. The highest BCUT2D eigenvalue weighted by atomic mass is 16.7. The van der Waals surface area contributed by atoms with Gasteiger partial charge in [0.1, 0.15) is 6.79 Å². The molecule has 1 fully saturated rings. The highest BCUT2D eigenvalue weighted by Crippen LogP contribution is 2.25. The van der Waals surface area contributed by atoms with E-state index in [0.717, 1.165) is 12.0 Å². The van der Waals surface area contributed by atoms with Gasteiger partial charge in [-0.1, -0.05) is 0 Å². The fourth-order valence-electron chi connectivity index (χ4n) is 1.54. The van der Waals surface area contributed by atoms with Crippen molar-refractivity contribution in [3.05, 3.63) is 39.9 Å². The molecule has 1 aliphatic heterocycles. The van der Waals surface area contributed by atoms with Gasteiger partial charge < -0.3 is 9.47 Å². The minimum absolute atomic E-state index is 0.000413. The Morgan fingerprint density at radius 2 is 2.07 bits per heavy atom. The lowest BCUT2D eigenvalue weighted by atomic mass is 10.1. The zero-order valence-corrected chi connectivity index (χ0v) is 8.09. The molecule has 80 valence electrons. The molecule has 0 N–H and O–H groups in total. The van der Waals surface area contributed by atoms with Gasteiger partial charge in [-0.3, -0.25) is 10.1 Å². The van der Waals surface area contributed by atoms with Gasteiger partial charge in [-0.15, -0.1) is 0 Å². The number of hydrogen-bond acceptors (Lipinski definition) is 4. The minimum atomic E-state index is -0.408. The van der Waals surface area contributed by atoms with Crippen LogP contribution in [-0.2, 0) is 9.47 Å². The Balaban J connectivity index is 2.11. The molecule has 2 rings (SSSR count). The molecule has 15 heavy (non-hydrogen) atoms. The van der Waals surface area contributed by atoms with Crippen molar-refractivity contribution in [2.45, 2.75) is 12.5 Å². The van der Waals surface area contributed by atoms with Crippen molar-refractivity contribution in [2.24, 2.45) is 0 Å². The molecule has 0 aromatic heterocycles. The highest BCUT2D eigenvalue weighted by Gasteiger charge is 2.17. The lowest BCUT2D eigenvalue weighted by Crippen LogP contribution is -2.16. The van der Waals surface area contributed by atoms with Gasteiger partial charge in [-0.2, -0.15) is 0 Å². The molecule has 0 saturated carbocycles. The lowest BCUT2D eigenvalue weighted by Gasteiger charge is -2.22. The van der Waals surface area contributed by atoms with Gasteiger partial charge in [0.15, 0.2) is 0 Å². The van der Waals surface area contributed by atoms with Crippen molar-refractivity contribution in [1.29, 1.82) is 0 Å². The first-order valence-electron chi connectivity index (χ1n) is 4.71. The third-order valence-corrected chi connectivity index (χ3v) is 2.35. The van der Waals surface area contributed by atoms with Crippen LogP contribution in [0.1, 0.15) is 18.1 Å². The van der Waals surface area contributed by atoms with Crippen LogP contribution in [0.5, 0.6) is 0 Å². The molecule has 0 amide bonds. The number of nitro benzene ring substituents is 1. The average molecular weight is 209 g/mol. The molecular formula is C10H11NO4. The summed E-state index contributed by atoms with van der Waals surface area (Å²) in [6.07, 6.45) is 0.789. The quantitative estimate of drug-likeness (QED) is 0.552. The van der Waals surface area contributed by atoms with Gasteiger partial charge in [-0.25, -0.2) is 0 Å². The molecule has 1 saturated heterocycles. The van der Waals surface area contributed by atoms with Crippen LogP contribution in [0.3, 0.4) is 0 Å². The zero-order chi connectivity index (χ0) is 10.7. The van der Waals surface area contributed by atoms with Crippen molar-refractivity contribution in [1.82, 2.24) is 0 Å². The van der Waals surface area contributed by atoms with E-state index in [1.807, 2.05) is 0 Å². The largest absolute Gasteiger partial charge is 0.355 e. The Bertz CT molecular complexity index is 343. The van der Waals surface area contributed by atoms with Crippen LogP contribution in [0.15, 0.2) is 24.3 Å². The second kappa shape index (κ2) is 4.37. The topological polar surface area (TPSA) is 61.6 Å². The van der Waals surface area contributed by atoms with Gasteiger partial charge in [0.05, 0.1) is 17.6 Å². The summed E-state index contributed by atoms with van der Waals surface area (Å²) in [4.78, 5) is 10.0. The Labute approximate surface area is 86.8 Å². The van der Waals surface area contributed by atoms with Crippen molar-refractivity contribution in [3.63, 3.8) is 0 Å². The first-order valence-corrected chi connectivity index (χ1v) is 4.71. The van der Waals surface area contributed by atoms with Crippen LogP contribution in [0.2, 0.25) is 0 Å². The summed E-state index contributed by atoms with van der Waals surface area (Å²) in [7, 11) is 0. The van der Waals surface area contributed by atoms with E-state index in [0.29, 0.717) is 13.4 Å². The minimum Gasteiger partial charge on any atom is -0.355 e. The van der Waals surface area contributed by atoms with E-state index >= 15 is 0 Å². The van der Waals surface area contributed by atoms with Gasteiger partial charge in [-0.05, 0) is 17.7 Å². The van der Waals surface area contributed by atoms with Crippen LogP contribution < -0.4 is 0 Å². The highest BCUT2D eigenvalue weighted by molar-refractivity contribution is 5.33. The van der Waals surface area contributed by atoms with Crippen LogP contribution in [0.25, 0.3) is 0 Å². The van der Waals surface area contributed by atoms with Crippen molar-refractivity contribution in [2.75, 3.05) is 13.4 Å². The van der Waals surface area contributed by atoms with E-state index in [1.54, 1.807) is 12.1 Å². The Kier molecular flexibility index (Phi) is 2.94. The van der Waals surface area contributed by atoms with E-state index in [4.69, 9.17) is 9.47 Å². The average Bonchev–Trinajstić information content (AvgIpc) is 2.30. The first-order chi connectivity index (χ1) is 7.27. The molecular weight excluding hydrogens is 198 g/mol. The van der Waals surface area contributed by atoms with Crippen molar-refractivity contribution < 1.29 is 14.4 Å². The number of ether oxygens (including phenoxy) is 2. The van der Waals surface area contributed by atoms with Crippen molar-refractivity contribution >= 4 is 5.69 Å². The fourth-order valence-corrected chi connectivity index (χ4v) is 1.54. The Morgan fingerprint density at radius 3 is 2.60 bits per heavy atom. The summed E-state index contributed by atoms with van der Waals surface area (Å²) in [5.74, 6) is 0. The van der Waals surface area contributed by atoms with Crippen LogP contribution in [0.4, 0.5) is 5.69 Å². The number of hydrogen-bond donors (Lipinski definition) is 0. The molecule has 1 unspecified atom stereocenters. The number of nitro groups is 1. The predicted octanol–water partition coefficient (Wildman–Crippen LogP) is 2.03. The maximum atomic E-state index is 10.4. The number of benzene rings is 1. The smallest absolute Gasteiger partial charge is 0.269 e. The molecule has 0 radical (unpaired) electrons. The summed E-state index contributed by atoms with van der Waals surface area (Å²) in [5.41, 5.74) is 1.06. The zero-order valence-electron chi connectivity index (χ0n) is 8.09. The van der Waals surface area contributed by atoms with Crippen LogP contribution in [0, 0.1) is 10.1 Å². The maximum Gasteiger partial charge on any atom is 0.269 e. The van der Waals surface area contributed by atoms with Gasteiger partial charge >= 0.3 is 0 Å². The molecule has 5 nitrogen and oxygen atoms in total. The summed E-state index contributed by atoms with van der Waals surface area (Å²) in [5, 5.41) is 10.4. The molecule has 1 aliphatic rings. The number of rotatable bonds is 2. The first kappa shape index (κ1) is 10.1. The third kappa shape index (κ3) is 2.31. The van der Waals surface area contributed by atoms with Crippen LogP contribution >= 0.6 is 0 Å². The second-order valence-corrected chi connectivity index (χ2v) is 3.32. The third-order valence-electron chi connectivity index (χ3n) is 2.35. The normalized spacial score (nSPS) is 21.2. The molecule has 1 aromatic carbocycles. The van der Waals surface area contributed by atoms with E-state index in [9.17, 15) is 10.1 Å². The Morgan fingerprint density at radius 1 is 1.33 bits per heavy atom. The summed E-state index contributed by atoms with van der Waals surface area (Å²) in [6, 6.07) is 6.45.